The molecule has 0 aliphatic heterocycles. The first-order chi connectivity index (χ1) is 8.15. The van der Waals surface area contributed by atoms with E-state index in [9.17, 15) is 0 Å². The highest BCUT2D eigenvalue weighted by molar-refractivity contribution is 6.30. The standard InChI is InChI=1S/C12H13ClN4/c1-8-9(2)16-17-12(15-8)14-7-10-4-3-5-11(13)6-10/h3-6H,7H2,1-2H3,(H,14,15,17). The van der Waals surface area contributed by atoms with Crippen LogP contribution in [0.3, 0.4) is 0 Å². The predicted molar refractivity (Wildman–Crippen MR) is 68.1 cm³/mol. The van der Waals surface area contributed by atoms with Crippen molar-refractivity contribution in [1.29, 1.82) is 0 Å². The molecule has 1 aromatic heterocycles. The van der Waals surface area contributed by atoms with Crippen molar-refractivity contribution < 1.29 is 0 Å². The third-order valence-corrected chi connectivity index (χ3v) is 2.67. The molecule has 4 nitrogen and oxygen atoms in total. The van der Waals surface area contributed by atoms with Crippen molar-refractivity contribution in [2.75, 3.05) is 5.32 Å². The summed E-state index contributed by atoms with van der Waals surface area (Å²) in [4.78, 5) is 4.29. The van der Waals surface area contributed by atoms with Crippen LogP contribution in [0.15, 0.2) is 24.3 Å². The van der Waals surface area contributed by atoms with Gasteiger partial charge in [0.2, 0.25) is 5.95 Å². The van der Waals surface area contributed by atoms with Gasteiger partial charge in [-0.2, -0.15) is 5.10 Å². The Bertz CT molecular complexity index is 528. The van der Waals surface area contributed by atoms with E-state index >= 15 is 0 Å². The SMILES string of the molecule is Cc1nnc(NCc2cccc(Cl)c2)nc1C. The molecule has 0 spiro atoms. The second kappa shape index (κ2) is 5.10. The van der Waals surface area contributed by atoms with Crippen LogP contribution in [0.2, 0.25) is 5.02 Å². The largest absolute Gasteiger partial charge is 0.349 e. The summed E-state index contributed by atoms with van der Waals surface area (Å²) in [6.07, 6.45) is 0. The summed E-state index contributed by atoms with van der Waals surface area (Å²) in [6, 6.07) is 7.66. The van der Waals surface area contributed by atoms with Gasteiger partial charge in [0.1, 0.15) is 0 Å². The Kier molecular flexibility index (Phi) is 3.54. The average Bonchev–Trinajstić information content (AvgIpc) is 2.31. The summed E-state index contributed by atoms with van der Waals surface area (Å²) in [5.74, 6) is 0.535. The van der Waals surface area contributed by atoms with Gasteiger partial charge in [-0.3, -0.25) is 0 Å². The monoisotopic (exact) mass is 248 g/mol. The minimum atomic E-state index is 0.535. The molecule has 1 heterocycles. The lowest BCUT2D eigenvalue weighted by atomic mass is 10.2. The Morgan fingerprint density at radius 1 is 1.18 bits per heavy atom. The van der Waals surface area contributed by atoms with Crippen molar-refractivity contribution in [3.8, 4) is 0 Å². The molecule has 0 radical (unpaired) electrons. The zero-order valence-corrected chi connectivity index (χ0v) is 10.5. The lowest BCUT2D eigenvalue weighted by Gasteiger charge is -2.05. The molecule has 5 heteroatoms. The second-order valence-corrected chi connectivity index (χ2v) is 4.23. The maximum atomic E-state index is 5.90. The van der Waals surface area contributed by atoms with Crippen molar-refractivity contribution >= 4 is 17.5 Å². The van der Waals surface area contributed by atoms with Crippen LogP contribution >= 0.6 is 11.6 Å². The molecule has 0 saturated carbocycles. The Hall–Kier alpha value is -1.68. The molecule has 0 saturated heterocycles. The molecular formula is C12H13ClN4. The van der Waals surface area contributed by atoms with Gasteiger partial charge in [-0.1, -0.05) is 23.7 Å². The van der Waals surface area contributed by atoms with Crippen molar-refractivity contribution in [2.24, 2.45) is 0 Å². The van der Waals surface area contributed by atoms with E-state index in [-0.39, 0.29) is 0 Å². The smallest absolute Gasteiger partial charge is 0.243 e. The molecular weight excluding hydrogens is 236 g/mol. The van der Waals surface area contributed by atoms with Crippen LogP contribution in [0.1, 0.15) is 17.0 Å². The molecule has 0 aliphatic rings. The minimum Gasteiger partial charge on any atom is -0.349 e. The van der Waals surface area contributed by atoms with Gasteiger partial charge in [0.05, 0.1) is 11.4 Å². The number of halogens is 1. The molecule has 2 aromatic rings. The number of benzene rings is 1. The Balaban J connectivity index is 2.05. The molecule has 0 fully saturated rings. The fourth-order valence-corrected chi connectivity index (χ4v) is 1.57. The summed E-state index contributed by atoms with van der Waals surface area (Å²) in [5, 5.41) is 11.8. The highest BCUT2D eigenvalue weighted by atomic mass is 35.5. The molecule has 1 aromatic carbocycles. The molecule has 0 atom stereocenters. The Labute approximate surface area is 105 Å². The van der Waals surface area contributed by atoms with Gasteiger partial charge >= 0.3 is 0 Å². The van der Waals surface area contributed by atoms with Crippen LogP contribution in [0.5, 0.6) is 0 Å². The van der Waals surface area contributed by atoms with E-state index in [1.54, 1.807) is 0 Å². The normalized spacial score (nSPS) is 10.3. The third-order valence-electron chi connectivity index (χ3n) is 2.43. The average molecular weight is 249 g/mol. The summed E-state index contributed by atoms with van der Waals surface area (Å²) < 4.78 is 0. The molecule has 88 valence electrons. The predicted octanol–water partition coefficient (Wildman–Crippen LogP) is 2.75. The molecule has 0 unspecified atom stereocenters. The summed E-state index contributed by atoms with van der Waals surface area (Å²) in [7, 11) is 0. The van der Waals surface area contributed by atoms with E-state index in [2.05, 4.69) is 20.5 Å². The second-order valence-electron chi connectivity index (χ2n) is 3.79. The minimum absolute atomic E-state index is 0.535. The summed E-state index contributed by atoms with van der Waals surface area (Å²) in [5.41, 5.74) is 2.81. The van der Waals surface area contributed by atoms with E-state index in [0.29, 0.717) is 12.5 Å². The fourth-order valence-electron chi connectivity index (χ4n) is 1.36. The molecule has 2 rings (SSSR count). The molecule has 0 aliphatic carbocycles. The lowest BCUT2D eigenvalue weighted by Crippen LogP contribution is -2.06. The van der Waals surface area contributed by atoms with Crippen molar-refractivity contribution in [1.82, 2.24) is 15.2 Å². The quantitative estimate of drug-likeness (QED) is 0.908. The molecule has 17 heavy (non-hydrogen) atoms. The molecule has 1 N–H and O–H groups in total. The number of hydrogen-bond acceptors (Lipinski definition) is 4. The number of nitrogens with zero attached hydrogens (tertiary/aromatic N) is 3. The molecule has 0 bridgehead atoms. The van der Waals surface area contributed by atoms with Gasteiger partial charge in [-0.25, -0.2) is 4.98 Å². The van der Waals surface area contributed by atoms with Crippen LogP contribution in [0, 0.1) is 13.8 Å². The van der Waals surface area contributed by atoms with Crippen LogP contribution in [-0.4, -0.2) is 15.2 Å². The number of hydrogen-bond donors (Lipinski definition) is 1. The van der Waals surface area contributed by atoms with Crippen LogP contribution < -0.4 is 5.32 Å². The number of aryl methyl sites for hydroxylation is 2. The summed E-state index contributed by atoms with van der Waals surface area (Å²) >= 11 is 5.90. The van der Waals surface area contributed by atoms with E-state index < -0.39 is 0 Å². The first-order valence-corrected chi connectivity index (χ1v) is 5.69. The van der Waals surface area contributed by atoms with Crippen molar-refractivity contribution in [3.05, 3.63) is 46.2 Å². The zero-order valence-electron chi connectivity index (χ0n) is 9.74. The highest BCUT2D eigenvalue weighted by Crippen LogP contribution is 2.11. The number of anilines is 1. The van der Waals surface area contributed by atoms with E-state index in [4.69, 9.17) is 11.6 Å². The summed E-state index contributed by atoms with van der Waals surface area (Å²) in [6.45, 7) is 4.43. The van der Waals surface area contributed by atoms with Gasteiger partial charge in [-0.05, 0) is 31.5 Å². The number of rotatable bonds is 3. The van der Waals surface area contributed by atoms with E-state index in [0.717, 1.165) is 22.0 Å². The maximum absolute atomic E-state index is 5.90. The first kappa shape index (κ1) is 11.8. The first-order valence-electron chi connectivity index (χ1n) is 5.31. The maximum Gasteiger partial charge on any atom is 0.243 e. The van der Waals surface area contributed by atoms with E-state index in [1.807, 2.05) is 38.1 Å². The number of aromatic nitrogens is 3. The van der Waals surface area contributed by atoms with Gasteiger partial charge in [0.25, 0.3) is 0 Å². The fraction of sp³-hybridized carbons (Fsp3) is 0.250. The molecule has 0 amide bonds. The third kappa shape index (κ3) is 3.14. The lowest BCUT2D eigenvalue weighted by molar-refractivity contribution is 0.885. The highest BCUT2D eigenvalue weighted by Gasteiger charge is 2.01. The zero-order chi connectivity index (χ0) is 12.3. The van der Waals surface area contributed by atoms with Crippen LogP contribution in [-0.2, 0) is 6.54 Å². The van der Waals surface area contributed by atoms with E-state index in [1.165, 1.54) is 0 Å². The van der Waals surface area contributed by atoms with Gasteiger partial charge in [-0.15, -0.1) is 5.10 Å². The van der Waals surface area contributed by atoms with Gasteiger partial charge in [0, 0.05) is 11.6 Å². The Morgan fingerprint density at radius 3 is 2.71 bits per heavy atom. The topological polar surface area (TPSA) is 50.7 Å². The van der Waals surface area contributed by atoms with Crippen LogP contribution in [0.25, 0.3) is 0 Å². The Morgan fingerprint density at radius 2 is 2.00 bits per heavy atom. The van der Waals surface area contributed by atoms with Crippen molar-refractivity contribution in [2.45, 2.75) is 20.4 Å². The van der Waals surface area contributed by atoms with Crippen LogP contribution in [0.4, 0.5) is 5.95 Å². The van der Waals surface area contributed by atoms with Gasteiger partial charge < -0.3 is 5.32 Å². The van der Waals surface area contributed by atoms with Gasteiger partial charge in [0.15, 0.2) is 0 Å². The number of nitrogens with one attached hydrogen (secondary N) is 1. The van der Waals surface area contributed by atoms with Crippen molar-refractivity contribution in [3.63, 3.8) is 0 Å².